The van der Waals surface area contributed by atoms with Crippen LogP contribution < -0.4 is 0 Å². The zero-order valence-corrected chi connectivity index (χ0v) is 10.4. The first-order valence-corrected chi connectivity index (χ1v) is 7.11. The summed E-state index contributed by atoms with van der Waals surface area (Å²) in [6.45, 7) is 0. The number of hydrogen-bond donors (Lipinski definition) is 0. The Morgan fingerprint density at radius 3 is 2.39 bits per heavy atom. The molecule has 2 rings (SSSR count). The van der Waals surface area contributed by atoms with E-state index in [-0.39, 0.29) is 10.6 Å². The summed E-state index contributed by atoms with van der Waals surface area (Å²) in [5.74, 6) is -0.815. The summed E-state index contributed by atoms with van der Waals surface area (Å²) in [5.41, 5.74) is 0.866. The van der Waals surface area contributed by atoms with E-state index in [1.165, 1.54) is 18.2 Å². The second kappa shape index (κ2) is 5.27. The standard InChI is InChI=1S/C13H12FNO2S/c14-12-3-1-2-4-13(12)18(16,17)10-7-11-5-8-15-9-6-11/h1-6,8-9H,7,10H2. The Morgan fingerprint density at radius 2 is 1.72 bits per heavy atom. The van der Waals surface area contributed by atoms with Gasteiger partial charge in [-0.05, 0) is 36.2 Å². The average molecular weight is 265 g/mol. The molecule has 0 atom stereocenters. The van der Waals surface area contributed by atoms with Gasteiger partial charge >= 0.3 is 0 Å². The van der Waals surface area contributed by atoms with Gasteiger partial charge in [-0.3, -0.25) is 4.98 Å². The van der Waals surface area contributed by atoms with Crippen LogP contribution in [0.1, 0.15) is 5.56 Å². The summed E-state index contributed by atoms with van der Waals surface area (Å²) in [6, 6.07) is 8.92. The third kappa shape index (κ3) is 2.92. The first-order valence-electron chi connectivity index (χ1n) is 5.46. The van der Waals surface area contributed by atoms with Crippen LogP contribution in [-0.4, -0.2) is 19.2 Å². The van der Waals surface area contributed by atoms with Gasteiger partial charge in [-0.15, -0.1) is 0 Å². The minimum absolute atomic E-state index is 0.113. The Hall–Kier alpha value is -1.75. The molecular weight excluding hydrogens is 253 g/mol. The molecule has 1 aromatic carbocycles. The topological polar surface area (TPSA) is 47.0 Å². The lowest BCUT2D eigenvalue weighted by Crippen LogP contribution is -2.11. The highest BCUT2D eigenvalue weighted by atomic mass is 32.2. The van der Waals surface area contributed by atoms with Crippen molar-refractivity contribution in [2.24, 2.45) is 0 Å². The lowest BCUT2D eigenvalue weighted by molar-refractivity contribution is 0.566. The number of hydrogen-bond acceptors (Lipinski definition) is 3. The van der Waals surface area contributed by atoms with Crippen LogP contribution in [0, 0.1) is 5.82 Å². The molecule has 2 aromatic rings. The van der Waals surface area contributed by atoms with Gasteiger partial charge in [-0.2, -0.15) is 0 Å². The fraction of sp³-hybridized carbons (Fsp3) is 0.154. The van der Waals surface area contributed by atoms with Crippen molar-refractivity contribution < 1.29 is 12.8 Å². The third-order valence-electron chi connectivity index (χ3n) is 2.58. The van der Waals surface area contributed by atoms with E-state index in [1.54, 1.807) is 24.5 Å². The quantitative estimate of drug-likeness (QED) is 0.851. The van der Waals surface area contributed by atoms with Crippen LogP contribution in [0.4, 0.5) is 4.39 Å². The van der Waals surface area contributed by atoms with Gasteiger partial charge in [-0.1, -0.05) is 12.1 Å². The van der Waals surface area contributed by atoms with Gasteiger partial charge in [0.25, 0.3) is 0 Å². The molecule has 0 aliphatic rings. The highest BCUT2D eigenvalue weighted by Gasteiger charge is 2.18. The normalized spacial score (nSPS) is 11.4. The molecule has 1 aromatic heterocycles. The number of benzene rings is 1. The van der Waals surface area contributed by atoms with E-state index < -0.39 is 15.7 Å². The maximum absolute atomic E-state index is 13.4. The van der Waals surface area contributed by atoms with Gasteiger partial charge in [-0.25, -0.2) is 12.8 Å². The van der Waals surface area contributed by atoms with Crippen LogP contribution in [0.3, 0.4) is 0 Å². The molecule has 0 spiro atoms. The van der Waals surface area contributed by atoms with Gasteiger partial charge in [0.05, 0.1) is 5.75 Å². The molecule has 0 unspecified atom stereocenters. The molecule has 0 bridgehead atoms. The minimum atomic E-state index is -3.58. The lowest BCUT2D eigenvalue weighted by atomic mass is 10.2. The molecule has 0 radical (unpaired) electrons. The number of halogens is 1. The Bertz CT molecular complexity index is 626. The number of sulfone groups is 1. The Labute approximate surface area is 105 Å². The molecule has 0 saturated carbocycles. The van der Waals surface area contributed by atoms with E-state index in [2.05, 4.69) is 4.98 Å². The van der Waals surface area contributed by atoms with Crippen molar-refractivity contribution in [1.82, 2.24) is 4.98 Å². The molecule has 3 nitrogen and oxygen atoms in total. The molecule has 94 valence electrons. The van der Waals surface area contributed by atoms with Gasteiger partial charge in [0, 0.05) is 12.4 Å². The Kier molecular flexibility index (Phi) is 3.72. The summed E-state index contributed by atoms with van der Waals surface area (Å²) in [6.07, 6.45) is 3.55. The minimum Gasteiger partial charge on any atom is -0.265 e. The summed E-state index contributed by atoms with van der Waals surface area (Å²) in [4.78, 5) is 3.62. The zero-order chi connectivity index (χ0) is 13.0. The molecular formula is C13H12FNO2S. The number of pyridine rings is 1. The number of aromatic nitrogens is 1. The highest BCUT2D eigenvalue weighted by Crippen LogP contribution is 2.16. The van der Waals surface area contributed by atoms with Crippen molar-refractivity contribution in [2.75, 3.05) is 5.75 Å². The second-order valence-electron chi connectivity index (χ2n) is 3.85. The zero-order valence-electron chi connectivity index (χ0n) is 9.58. The first-order chi connectivity index (χ1) is 8.59. The molecule has 18 heavy (non-hydrogen) atoms. The van der Waals surface area contributed by atoms with Crippen molar-refractivity contribution >= 4 is 9.84 Å². The lowest BCUT2D eigenvalue weighted by Gasteiger charge is -2.05. The average Bonchev–Trinajstić information content (AvgIpc) is 2.38. The number of rotatable bonds is 4. The van der Waals surface area contributed by atoms with Crippen molar-refractivity contribution in [3.8, 4) is 0 Å². The van der Waals surface area contributed by atoms with E-state index in [0.717, 1.165) is 11.6 Å². The maximum Gasteiger partial charge on any atom is 0.181 e. The van der Waals surface area contributed by atoms with Crippen molar-refractivity contribution in [3.63, 3.8) is 0 Å². The summed E-state index contributed by atoms with van der Waals surface area (Å²) >= 11 is 0. The molecule has 5 heteroatoms. The van der Waals surface area contributed by atoms with Gasteiger partial charge < -0.3 is 0 Å². The molecule has 0 fully saturated rings. The van der Waals surface area contributed by atoms with E-state index >= 15 is 0 Å². The van der Waals surface area contributed by atoms with E-state index in [0.29, 0.717) is 6.42 Å². The third-order valence-corrected chi connectivity index (χ3v) is 4.32. The van der Waals surface area contributed by atoms with Crippen molar-refractivity contribution in [2.45, 2.75) is 11.3 Å². The molecule has 0 aliphatic heterocycles. The fourth-order valence-corrected chi connectivity index (χ4v) is 2.98. The molecule has 0 N–H and O–H groups in total. The number of aryl methyl sites for hydroxylation is 1. The largest absolute Gasteiger partial charge is 0.265 e. The first kappa shape index (κ1) is 12.7. The van der Waals surface area contributed by atoms with Crippen LogP contribution in [0.5, 0.6) is 0 Å². The van der Waals surface area contributed by atoms with Gasteiger partial charge in [0.2, 0.25) is 0 Å². The van der Waals surface area contributed by atoms with Crippen LogP contribution in [0.15, 0.2) is 53.7 Å². The fourth-order valence-electron chi connectivity index (χ4n) is 1.61. The number of nitrogens with zero attached hydrogens (tertiary/aromatic N) is 1. The van der Waals surface area contributed by atoms with E-state index in [9.17, 15) is 12.8 Å². The Balaban J connectivity index is 2.16. The molecule has 0 saturated heterocycles. The van der Waals surface area contributed by atoms with E-state index in [1.807, 2.05) is 0 Å². The van der Waals surface area contributed by atoms with Crippen LogP contribution in [0.25, 0.3) is 0 Å². The van der Waals surface area contributed by atoms with Crippen LogP contribution in [0.2, 0.25) is 0 Å². The van der Waals surface area contributed by atoms with Crippen molar-refractivity contribution in [3.05, 3.63) is 60.2 Å². The van der Waals surface area contributed by atoms with Crippen LogP contribution >= 0.6 is 0 Å². The van der Waals surface area contributed by atoms with Gasteiger partial charge in [0.15, 0.2) is 9.84 Å². The molecule has 0 aliphatic carbocycles. The second-order valence-corrected chi connectivity index (χ2v) is 5.93. The summed E-state index contributed by atoms with van der Waals surface area (Å²) in [7, 11) is -3.58. The predicted molar refractivity (Wildman–Crippen MR) is 66.4 cm³/mol. The Morgan fingerprint density at radius 1 is 1.06 bits per heavy atom. The predicted octanol–water partition coefficient (Wildman–Crippen LogP) is 2.24. The monoisotopic (exact) mass is 265 g/mol. The van der Waals surface area contributed by atoms with Gasteiger partial charge in [0.1, 0.15) is 10.7 Å². The van der Waals surface area contributed by atoms with Crippen molar-refractivity contribution in [1.29, 1.82) is 0 Å². The SMILES string of the molecule is O=S(=O)(CCc1ccncc1)c1ccccc1F. The highest BCUT2D eigenvalue weighted by molar-refractivity contribution is 7.91. The maximum atomic E-state index is 13.4. The summed E-state index contributed by atoms with van der Waals surface area (Å²) in [5, 5.41) is 0. The van der Waals surface area contributed by atoms with Crippen LogP contribution in [-0.2, 0) is 16.3 Å². The molecule has 1 heterocycles. The van der Waals surface area contributed by atoms with E-state index in [4.69, 9.17) is 0 Å². The molecule has 0 amide bonds. The smallest absolute Gasteiger partial charge is 0.181 e. The summed E-state index contributed by atoms with van der Waals surface area (Å²) < 4.78 is 37.4.